The quantitative estimate of drug-likeness (QED) is 0.434. The molecule has 164 valence electrons. The van der Waals surface area contributed by atoms with Crippen LogP contribution in [0.5, 0.6) is 0 Å². The number of alkyl halides is 3. The zero-order valence-electron chi connectivity index (χ0n) is 16.6. The fourth-order valence-corrected chi connectivity index (χ4v) is 3.49. The third-order valence-electron chi connectivity index (χ3n) is 4.44. The van der Waals surface area contributed by atoms with E-state index in [-0.39, 0.29) is 28.1 Å². The first kappa shape index (κ1) is 22.7. The van der Waals surface area contributed by atoms with Gasteiger partial charge in [-0.15, -0.1) is 0 Å². The molecule has 1 aliphatic heterocycles. The highest BCUT2D eigenvalue weighted by atomic mass is 32.2. The van der Waals surface area contributed by atoms with Gasteiger partial charge in [-0.1, -0.05) is 19.1 Å². The van der Waals surface area contributed by atoms with Crippen LogP contribution in [0.2, 0.25) is 0 Å². The lowest BCUT2D eigenvalue weighted by Gasteiger charge is -2.14. The maximum absolute atomic E-state index is 12.9. The predicted octanol–water partition coefficient (Wildman–Crippen LogP) is 5.34. The molecule has 0 bridgehead atoms. The minimum Gasteiger partial charge on any atom is -0.461 e. The molecule has 0 aliphatic carbocycles. The van der Waals surface area contributed by atoms with Gasteiger partial charge in [-0.05, 0) is 49.4 Å². The summed E-state index contributed by atoms with van der Waals surface area (Å²) in [7, 11) is 0. The molecular weight excluding hydrogens is 435 g/mol. The summed E-state index contributed by atoms with van der Waals surface area (Å²) in [5, 5.41) is -0.623. The van der Waals surface area contributed by atoms with Crippen molar-refractivity contribution in [3.63, 3.8) is 0 Å². The molecule has 0 N–H and O–H groups in total. The molecule has 10 heteroatoms. The number of hydrogen-bond donors (Lipinski definition) is 0. The first-order valence-corrected chi connectivity index (χ1v) is 10.1. The zero-order chi connectivity index (χ0) is 22.8. The second-order valence-corrected chi connectivity index (χ2v) is 7.75. The summed E-state index contributed by atoms with van der Waals surface area (Å²) in [6.07, 6.45) is -2.91. The van der Waals surface area contributed by atoms with Crippen molar-refractivity contribution >= 4 is 35.0 Å². The van der Waals surface area contributed by atoms with E-state index in [2.05, 4.69) is 0 Å². The number of halogens is 3. The van der Waals surface area contributed by atoms with E-state index < -0.39 is 35.4 Å². The van der Waals surface area contributed by atoms with Crippen molar-refractivity contribution in [2.24, 2.45) is 0 Å². The Bertz CT molecular complexity index is 1040. The van der Waals surface area contributed by atoms with Crippen LogP contribution in [-0.4, -0.2) is 34.7 Å². The van der Waals surface area contributed by atoms with Crippen molar-refractivity contribution in [3.8, 4) is 11.3 Å². The van der Waals surface area contributed by atoms with Crippen LogP contribution in [0, 0.1) is 0 Å². The lowest BCUT2D eigenvalue weighted by atomic mass is 10.1. The van der Waals surface area contributed by atoms with E-state index in [0.29, 0.717) is 18.2 Å². The third kappa shape index (κ3) is 5.38. The number of esters is 1. The Morgan fingerprint density at radius 3 is 2.68 bits per heavy atom. The van der Waals surface area contributed by atoms with Crippen LogP contribution in [-0.2, 0) is 20.5 Å². The Kier molecular flexibility index (Phi) is 6.59. The molecule has 1 aromatic carbocycles. The molecule has 2 amide bonds. The molecule has 0 saturated carbocycles. The van der Waals surface area contributed by atoms with Crippen LogP contribution in [0.4, 0.5) is 18.0 Å². The summed E-state index contributed by atoms with van der Waals surface area (Å²) in [5.41, 5.74) is -0.594. The molecule has 1 aliphatic rings. The number of furan rings is 1. The van der Waals surface area contributed by atoms with E-state index >= 15 is 0 Å². The Morgan fingerprint density at radius 2 is 2.00 bits per heavy atom. The number of carbonyl (C=O) groups excluding carboxylic acids is 3. The smallest absolute Gasteiger partial charge is 0.416 e. The fraction of sp³-hybridized carbons (Fsp3) is 0.286. The first-order chi connectivity index (χ1) is 14.6. The van der Waals surface area contributed by atoms with Gasteiger partial charge < -0.3 is 9.15 Å². The van der Waals surface area contributed by atoms with Gasteiger partial charge in [0.2, 0.25) is 0 Å². The molecule has 1 atom stereocenters. The molecule has 3 rings (SSSR count). The molecule has 2 heterocycles. The maximum atomic E-state index is 12.9. The van der Waals surface area contributed by atoms with E-state index in [4.69, 9.17) is 9.15 Å². The van der Waals surface area contributed by atoms with Crippen LogP contribution >= 0.6 is 11.8 Å². The summed E-state index contributed by atoms with van der Waals surface area (Å²) in [6, 6.07) is 7.59. The number of rotatable bonds is 6. The van der Waals surface area contributed by atoms with Crippen molar-refractivity contribution < 1.29 is 36.7 Å². The number of nitrogens with zero attached hydrogens (tertiary/aromatic N) is 1. The van der Waals surface area contributed by atoms with Gasteiger partial charge in [0.25, 0.3) is 11.1 Å². The van der Waals surface area contributed by atoms with Gasteiger partial charge in [-0.2, -0.15) is 13.2 Å². The summed E-state index contributed by atoms with van der Waals surface area (Å²) < 4.78 is 49.3. The number of imide groups is 1. The monoisotopic (exact) mass is 453 g/mol. The molecular formula is C21H18F3NO5S. The van der Waals surface area contributed by atoms with Crippen molar-refractivity contribution in [2.75, 3.05) is 6.54 Å². The molecule has 2 aromatic rings. The van der Waals surface area contributed by atoms with Crippen molar-refractivity contribution in [3.05, 3.63) is 52.6 Å². The van der Waals surface area contributed by atoms with E-state index in [1.165, 1.54) is 30.3 Å². The Labute approximate surface area is 180 Å². The zero-order valence-corrected chi connectivity index (χ0v) is 17.4. The number of carbonyl (C=O) groups is 3. The predicted molar refractivity (Wildman–Crippen MR) is 108 cm³/mol. The fourth-order valence-electron chi connectivity index (χ4n) is 2.67. The van der Waals surface area contributed by atoms with E-state index in [1.807, 2.05) is 6.92 Å². The third-order valence-corrected chi connectivity index (χ3v) is 5.35. The van der Waals surface area contributed by atoms with Crippen LogP contribution in [0.3, 0.4) is 0 Å². The highest BCUT2D eigenvalue weighted by Gasteiger charge is 2.37. The lowest BCUT2D eigenvalue weighted by molar-refractivity contribution is -0.150. The normalized spacial score (nSPS) is 16.8. The second-order valence-electron chi connectivity index (χ2n) is 6.76. The Hall–Kier alpha value is -3.01. The molecule has 0 unspecified atom stereocenters. The van der Waals surface area contributed by atoms with Crippen LogP contribution < -0.4 is 0 Å². The van der Waals surface area contributed by atoms with Gasteiger partial charge in [0.15, 0.2) is 0 Å². The molecule has 1 aromatic heterocycles. The SMILES string of the molecule is CC[C@H](C)OC(=O)CN1C(=O)S/C(=C/c2ccc(-c3cccc(C(F)(F)F)c3)o2)C1=O. The average molecular weight is 453 g/mol. The maximum Gasteiger partial charge on any atom is 0.416 e. The lowest BCUT2D eigenvalue weighted by Crippen LogP contribution is -2.35. The van der Waals surface area contributed by atoms with E-state index in [0.717, 1.165) is 17.0 Å². The molecule has 31 heavy (non-hydrogen) atoms. The molecule has 1 fully saturated rings. The van der Waals surface area contributed by atoms with Gasteiger partial charge in [-0.25, -0.2) is 0 Å². The van der Waals surface area contributed by atoms with Gasteiger partial charge in [-0.3, -0.25) is 19.3 Å². The van der Waals surface area contributed by atoms with Crippen molar-refractivity contribution in [1.82, 2.24) is 4.90 Å². The number of thioether (sulfide) groups is 1. The Balaban J connectivity index is 1.75. The highest BCUT2D eigenvalue weighted by molar-refractivity contribution is 8.18. The number of ether oxygens (including phenoxy) is 1. The Morgan fingerprint density at radius 1 is 1.26 bits per heavy atom. The molecule has 1 saturated heterocycles. The van der Waals surface area contributed by atoms with Crippen LogP contribution in [0.15, 0.2) is 45.7 Å². The molecule has 6 nitrogen and oxygen atoms in total. The molecule has 0 radical (unpaired) electrons. The number of benzene rings is 1. The largest absolute Gasteiger partial charge is 0.461 e. The summed E-state index contributed by atoms with van der Waals surface area (Å²) in [6.45, 7) is 3.03. The minimum absolute atomic E-state index is 0.0336. The van der Waals surface area contributed by atoms with Gasteiger partial charge in [0, 0.05) is 11.6 Å². The summed E-state index contributed by atoms with van der Waals surface area (Å²) in [5.74, 6) is -1.01. The number of hydrogen-bond acceptors (Lipinski definition) is 6. The molecule has 0 spiro atoms. The van der Waals surface area contributed by atoms with Gasteiger partial charge in [0.05, 0.1) is 16.6 Å². The standard InChI is InChI=1S/C21H18F3NO5S/c1-3-12(2)29-18(26)11-25-19(27)17(31-20(25)28)10-15-7-8-16(30-15)13-5-4-6-14(9-13)21(22,23)24/h4-10,12H,3,11H2,1-2H3/b17-10+/t12-/m0/s1. The van der Waals surface area contributed by atoms with Crippen LogP contribution in [0.1, 0.15) is 31.6 Å². The van der Waals surface area contributed by atoms with E-state index in [9.17, 15) is 27.6 Å². The topological polar surface area (TPSA) is 76.8 Å². The average Bonchev–Trinajstić information content (AvgIpc) is 3.28. The summed E-state index contributed by atoms with van der Waals surface area (Å²) in [4.78, 5) is 37.3. The summed E-state index contributed by atoms with van der Waals surface area (Å²) >= 11 is 0.636. The van der Waals surface area contributed by atoms with Crippen LogP contribution in [0.25, 0.3) is 17.4 Å². The van der Waals surface area contributed by atoms with Crippen molar-refractivity contribution in [2.45, 2.75) is 32.5 Å². The minimum atomic E-state index is -4.49. The second kappa shape index (κ2) is 9.01. The van der Waals surface area contributed by atoms with Gasteiger partial charge in [0.1, 0.15) is 18.1 Å². The van der Waals surface area contributed by atoms with Crippen molar-refractivity contribution in [1.29, 1.82) is 0 Å². The first-order valence-electron chi connectivity index (χ1n) is 9.30. The van der Waals surface area contributed by atoms with E-state index in [1.54, 1.807) is 6.92 Å². The number of amides is 2. The highest BCUT2D eigenvalue weighted by Crippen LogP contribution is 2.35. The van der Waals surface area contributed by atoms with Gasteiger partial charge >= 0.3 is 12.1 Å².